The largest absolute Gasteiger partial charge is 0.573 e. The zero-order valence-corrected chi connectivity index (χ0v) is 21.8. The fourth-order valence-corrected chi connectivity index (χ4v) is 6.51. The van der Waals surface area contributed by atoms with E-state index in [1.807, 2.05) is 18.2 Å². The van der Waals surface area contributed by atoms with Crippen molar-refractivity contribution < 1.29 is 26.3 Å². The molecule has 2 aliphatic rings. The van der Waals surface area contributed by atoms with E-state index in [0.717, 1.165) is 29.8 Å². The van der Waals surface area contributed by atoms with Crippen molar-refractivity contribution >= 4 is 44.8 Å². The lowest BCUT2D eigenvalue weighted by atomic mass is 9.89. The van der Waals surface area contributed by atoms with Crippen LogP contribution in [0.5, 0.6) is 5.75 Å². The number of alkyl halides is 3. The quantitative estimate of drug-likeness (QED) is 0.411. The molecular formula is C24H22Cl3F3N2O3S. The molecule has 0 saturated carbocycles. The Labute approximate surface area is 222 Å². The monoisotopic (exact) mass is 580 g/mol. The summed E-state index contributed by atoms with van der Waals surface area (Å²) in [6.07, 6.45) is 0.349. The summed E-state index contributed by atoms with van der Waals surface area (Å²) in [5.41, 5.74) is 0.960. The van der Waals surface area contributed by atoms with Crippen LogP contribution in [-0.4, -0.2) is 38.3 Å². The molecule has 12 heteroatoms. The third-order valence-corrected chi connectivity index (χ3v) is 8.53. The van der Waals surface area contributed by atoms with Gasteiger partial charge in [-0.25, -0.2) is 13.1 Å². The number of sulfonamides is 1. The molecule has 3 unspecified atom stereocenters. The molecule has 0 aromatic heterocycles. The number of benzene rings is 2. The Morgan fingerprint density at radius 2 is 1.64 bits per heavy atom. The van der Waals surface area contributed by atoms with Crippen LogP contribution in [-0.2, 0) is 10.0 Å². The first-order chi connectivity index (χ1) is 16.9. The Kier molecular flexibility index (Phi) is 8.29. The van der Waals surface area contributed by atoms with Crippen molar-refractivity contribution in [3.8, 4) is 5.75 Å². The fourth-order valence-electron chi connectivity index (χ4n) is 4.50. The molecule has 194 valence electrons. The maximum Gasteiger partial charge on any atom is 0.573 e. The highest BCUT2D eigenvalue weighted by Gasteiger charge is 2.37. The minimum absolute atomic E-state index is 0.103. The molecule has 4 rings (SSSR count). The standard InChI is InChI=1S/C24H22Cl3F3N2O3S/c25-16-3-1-15(2-4-16)23-14-18(11-12-32(23)22-10-5-17(26)13-21(22)27)31-36(33,34)20-8-6-19(7-9-20)35-24(28,29)30/h1-9,13,18,22-23,31H,10-12,14H2. The summed E-state index contributed by atoms with van der Waals surface area (Å²) in [7, 11) is -3.98. The molecule has 0 spiro atoms. The number of piperidine rings is 1. The molecule has 1 heterocycles. The van der Waals surface area contributed by atoms with Gasteiger partial charge in [0.15, 0.2) is 0 Å². The van der Waals surface area contributed by atoms with Gasteiger partial charge in [0.1, 0.15) is 5.75 Å². The number of nitrogens with one attached hydrogen (secondary N) is 1. The van der Waals surface area contributed by atoms with Crippen LogP contribution < -0.4 is 9.46 Å². The van der Waals surface area contributed by atoms with E-state index in [2.05, 4.69) is 14.4 Å². The van der Waals surface area contributed by atoms with Crippen molar-refractivity contribution in [1.82, 2.24) is 9.62 Å². The molecule has 1 N–H and O–H groups in total. The van der Waals surface area contributed by atoms with Gasteiger partial charge >= 0.3 is 6.36 Å². The number of allylic oxidation sites excluding steroid dienone is 2. The molecule has 5 nitrogen and oxygen atoms in total. The zero-order chi connectivity index (χ0) is 26.1. The van der Waals surface area contributed by atoms with Gasteiger partial charge in [0.25, 0.3) is 0 Å². The van der Waals surface area contributed by atoms with Crippen molar-refractivity contribution in [3.05, 3.63) is 81.3 Å². The van der Waals surface area contributed by atoms with Crippen molar-refractivity contribution in [2.24, 2.45) is 0 Å². The maximum atomic E-state index is 13.0. The Bertz CT molecular complexity index is 1250. The van der Waals surface area contributed by atoms with Gasteiger partial charge in [-0.2, -0.15) is 0 Å². The first-order valence-corrected chi connectivity index (χ1v) is 13.6. The molecule has 1 fully saturated rings. The molecule has 2 aromatic carbocycles. The van der Waals surface area contributed by atoms with Gasteiger partial charge in [0, 0.05) is 39.8 Å². The zero-order valence-electron chi connectivity index (χ0n) is 18.7. The molecular weight excluding hydrogens is 560 g/mol. The minimum Gasteiger partial charge on any atom is -0.406 e. The second-order valence-corrected chi connectivity index (χ2v) is 11.6. The lowest BCUT2D eigenvalue weighted by Crippen LogP contribution is -2.49. The maximum absolute atomic E-state index is 13.0. The first-order valence-electron chi connectivity index (χ1n) is 11.0. The number of likely N-dealkylation sites (tertiary alicyclic amines) is 1. The van der Waals surface area contributed by atoms with E-state index < -0.39 is 28.2 Å². The molecule has 0 amide bonds. The van der Waals surface area contributed by atoms with Gasteiger partial charge in [-0.1, -0.05) is 53.0 Å². The molecule has 2 aromatic rings. The van der Waals surface area contributed by atoms with E-state index in [9.17, 15) is 21.6 Å². The van der Waals surface area contributed by atoms with E-state index in [1.54, 1.807) is 18.2 Å². The highest BCUT2D eigenvalue weighted by atomic mass is 35.5. The van der Waals surface area contributed by atoms with E-state index >= 15 is 0 Å². The lowest BCUT2D eigenvalue weighted by molar-refractivity contribution is -0.274. The number of nitrogens with zero attached hydrogens (tertiary/aromatic N) is 1. The van der Waals surface area contributed by atoms with Crippen LogP contribution in [0.2, 0.25) is 5.02 Å². The van der Waals surface area contributed by atoms with Crippen LogP contribution in [0.1, 0.15) is 30.9 Å². The van der Waals surface area contributed by atoms with Gasteiger partial charge < -0.3 is 4.74 Å². The first kappa shape index (κ1) is 27.3. The van der Waals surface area contributed by atoms with Gasteiger partial charge in [-0.05, 0) is 67.3 Å². The van der Waals surface area contributed by atoms with Crippen LogP contribution in [0.25, 0.3) is 0 Å². The molecule has 1 aliphatic carbocycles. The SMILES string of the molecule is O=S(=O)(NC1CCN(C2CC=C(Cl)C=C2Cl)C(c2ccc(Cl)cc2)C1)c1ccc(OC(F)(F)F)cc1. The van der Waals surface area contributed by atoms with Crippen LogP contribution in [0, 0.1) is 0 Å². The molecule has 0 bridgehead atoms. The van der Waals surface area contributed by atoms with Gasteiger partial charge in [-0.15, -0.1) is 13.2 Å². The third-order valence-electron chi connectivity index (χ3n) is 6.12. The summed E-state index contributed by atoms with van der Waals surface area (Å²) in [6.45, 7) is 0.555. The number of halogens is 6. The number of ether oxygens (including phenoxy) is 1. The van der Waals surface area contributed by atoms with Crippen molar-refractivity contribution in [2.45, 2.75) is 48.6 Å². The highest BCUT2D eigenvalue weighted by Crippen LogP contribution is 2.39. The molecule has 1 aliphatic heterocycles. The second kappa shape index (κ2) is 10.9. The van der Waals surface area contributed by atoms with Crippen molar-refractivity contribution in [3.63, 3.8) is 0 Å². The summed E-state index contributed by atoms with van der Waals surface area (Å²) >= 11 is 18.7. The Morgan fingerprint density at radius 1 is 0.972 bits per heavy atom. The number of rotatable bonds is 6. The van der Waals surface area contributed by atoms with E-state index in [1.165, 1.54) is 0 Å². The molecule has 3 atom stereocenters. The summed E-state index contributed by atoms with van der Waals surface area (Å²) < 4.78 is 69.7. The molecule has 0 radical (unpaired) electrons. The van der Waals surface area contributed by atoms with E-state index in [0.29, 0.717) is 40.9 Å². The molecule has 36 heavy (non-hydrogen) atoms. The van der Waals surface area contributed by atoms with E-state index in [-0.39, 0.29) is 17.0 Å². The Hall–Kier alpha value is -1.75. The Morgan fingerprint density at radius 3 is 2.25 bits per heavy atom. The van der Waals surface area contributed by atoms with Crippen LogP contribution in [0.15, 0.2) is 75.6 Å². The normalized spacial score (nSPS) is 23.7. The second-order valence-electron chi connectivity index (χ2n) is 8.54. The lowest BCUT2D eigenvalue weighted by Gasteiger charge is -2.44. The Balaban J connectivity index is 1.53. The average molecular weight is 582 g/mol. The molecule has 1 saturated heterocycles. The highest BCUT2D eigenvalue weighted by molar-refractivity contribution is 7.89. The van der Waals surface area contributed by atoms with Gasteiger partial charge in [0.05, 0.1) is 4.90 Å². The van der Waals surface area contributed by atoms with Crippen LogP contribution in [0.4, 0.5) is 13.2 Å². The predicted octanol–water partition coefficient (Wildman–Crippen LogP) is 6.74. The van der Waals surface area contributed by atoms with Crippen molar-refractivity contribution in [1.29, 1.82) is 0 Å². The minimum atomic E-state index is -4.86. The topological polar surface area (TPSA) is 58.6 Å². The number of hydrogen-bond donors (Lipinski definition) is 1. The van der Waals surface area contributed by atoms with Crippen LogP contribution >= 0.6 is 34.8 Å². The summed E-state index contributed by atoms with van der Waals surface area (Å²) in [5.74, 6) is -0.496. The predicted molar refractivity (Wildman–Crippen MR) is 134 cm³/mol. The average Bonchev–Trinajstić information content (AvgIpc) is 2.79. The number of hydrogen-bond acceptors (Lipinski definition) is 4. The summed E-state index contributed by atoms with van der Waals surface area (Å²) in [6, 6.07) is 10.8. The summed E-state index contributed by atoms with van der Waals surface area (Å²) in [4.78, 5) is 2.08. The van der Waals surface area contributed by atoms with Gasteiger partial charge in [-0.3, -0.25) is 4.90 Å². The smallest absolute Gasteiger partial charge is 0.406 e. The van der Waals surface area contributed by atoms with Gasteiger partial charge in [0.2, 0.25) is 10.0 Å². The third kappa shape index (κ3) is 6.76. The van der Waals surface area contributed by atoms with Crippen LogP contribution in [0.3, 0.4) is 0 Å². The van der Waals surface area contributed by atoms with Crippen molar-refractivity contribution in [2.75, 3.05) is 6.54 Å². The fraction of sp³-hybridized carbons (Fsp3) is 0.333. The summed E-state index contributed by atoms with van der Waals surface area (Å²) in [5, 5.41) is 1.77. The van der Waals surface area contributed by atoms with E-state index in [4.69, 9.17) is 34.8 Å².